The Morgan fingerprint density at radius 2 is 2.25 bits per heavy atom. The van der Waals surface area contributed by atoms with E-state index in [-0.39, 0.29) is 6.61 Å². The quantitative estimate of drug-likeness (QED) is 0.744. The number of aliphatic carboxylic acids is 1. The maximum atomic E-state index is 11.7. The zero-order valence-corrected chi connectivity index (χ0v) is 9.44. The standard InChI is InChI=1S/C11H17NO4/c1-3-8-16-10(15)12-7-5-4-6-11(12,2)9(13)14/h3H,1,4-8H2,2H3,(H,13,14). The van der Waals surface area contributed by atoms with Gasteiger partial charge in [0.2, 0.25) is 0 Å². The van der Waals surface area contributed by atoms with E-state index < -0.39 is 17.6 Å². The van der Waals surface area contributed by atoms with Crippen molar-refractivity contribution in [1.29, 1.82) is 0 Å². The molecule has 0 radical (unpaired) electrons. The lowest BCUT2D eigenvalue weighted by Gasteiger charge is -2.40. The van der Waals surface area contributed by atoms with Gasteiger partial charge in [-0.2, -0.15) is 0 Å². The molecule has 1 aliphatic heterocycles. The van der Waals surface area contributed by atoms with Crippen LogP contribution in [-0.2, 0) is 9.53 Å². The normalized spacial score (nSPS) is 24.9. The van der Waals surface area contributed by atoms with Crippen molar-refractivity contribution in [1.82, 2.24) is 4.90 Å². The maximum absolute atomic E-state index is 11.7. The number of hydrogen-bond acceptors (Lipinski definition) is 3. The molecule has 0 aliphatic carbocycles. The molecule has 1 fully saturated rings. The predicted molar refractivity (Wildman–Crippen MR) is 58.1 cm³/mol. The summed E-state index contributed by atoms with van der Waals surface area (Å²) in [6, 6.07) is 0. The zero-order chi connectivity index (χ0) is 12.2. The van der Waals surface area contributed by atoms with Gasteiger partial charge < -0.3 is 9.84 Å². The summed E-state index contributed by atoms with van der Waals surface area (Å²) in [5.74, 6) is -0.984. The van der Waals surface area contributed by atoms with Crippen LogP contribution in [-0.4, -0.2) is 40.8 Å². The molecule has 0 aromatic rings. The lowest BCUT2D eigenvalue weighted by atomic mass is 9.89. The number of nitrogens with zero attached hydrogens (tertiary/aromatic N) is 1. The van der Waals surface area contributed by atoms with Crippen LogP contribution in [0.15, 0.2) is 12.7 Å². The third-order valence-corrected chi connectivity index (χ3v) is 2.90. The van der Waals surface area contributed by atoms with Gasteiger partial charge >= 0.3 is 12.1 Å². The van der Waals surface area contributed by atoms with E-state index in [1.54, 1.807) is 6.92 Å². The van der Waals surface area contributed by atoms with Gasteiger partial charge in [0.25, 0.3) is 0 Å². The number of carboxylic acids is 1. The van der Waals surface area contributed by atoms with Crippen molar-refractivity contribution in [3.63, 3.8) is 0 Å². The number of carboxylic acid groups (broad SMARTS) is 1. The molecule has 1 heterocycles. The molecule has 0 bridgehead atoms. The van der Waals surface area contributed by atoms with Crippen molar-refractivity contribution >= 4 is 12.1 Å². The Balaban J connectivity index is 2.77. The smallest absolute Gasteiger partial charge is 0.411 e. The highest BCUT2D eigenvalue weighted by Gasteiger charge is 2.44. The Labute approximate surface area is 94.7 Å². The monoisotopic (exact) mass is 227 g/mol. The molecule has 0 spiro atoms. The fourth-order valence-electron chi connectivity index (χ4n) is 1.84. The Bertz CT molecular complexity index is 302. The van der Waals surface area contributed by atoms with Crippen molar-refractivity contribution in [3.8, 4) is 0 Å². The van der Waals surface area contributed by atoms with E-state index in [1.165, 1.54) is 11.0 Å². The van der Waals surface area contributed by atoms with Crippen LogP contribution in [0.1, 0.15) is 26.2 Å². The third kappa shape index (κ3) is 2.35. The number of rotatable bonds is 3. The van der Waals surface area contributed by atoms with E-state index in [0.717, 1.165) is 12.8 Å². The predicted octanol–water partition coefficient (Wildman–Crippen LogP) is 1.64. The Kier molecular flexibility index (Phi) is 3.93. The summed E-state index contributed by atoms with van der Waals surface area (Å²) in [5, 5.41) is 9.17. The fourth-order valence-corrected chi connectivity index (χ4v) is 1.84. The van der Waals surface area contributed by atoms with E-state index in [4.69, 9.17) is 4.74 Å². The van der Waals surface area contributed by atoms with Gasteiger partial charge in [-0.3, -0.25) is 4.90 Å². The van der Waals surface area contributed by atoms with E-state index in [9.17, 15) is 14.7 Å². The number of hydrogen-bond donors (Lipinski definition) is 1. The van der Waals surface area contributed by atoms with Crippen LogP contribution in [0.5, 0.6) is 0 Å². The van der Waals surface area contributed by atoms with E-state index in [2.05, 4.69) is 6.58 Å². The largest absolute Gasteiger partial charge is 0.480 e. The highest BCUT2D eigenvalue weighted by Crippen LogP contribution is 2.28. The van der Waals surface area contributed by atoms with E-state index in [1.807, 2.05) is 0 Å². The van der Waals surface area contributed by atoms with E-state index >= 15 is 0 Å². The maximum Gasteiger partial charge on any atom is 0.411 e. The highest BCUT2D eigenvalue weighted by molar-refractivity contribution is 5.84. The van der Waals surface area contributed by atoms with Gasteiger partial charge in [-0.25, -0.2) is 9.59 Å². The molecule has 5 nitrogen and oxygen atoms in total. The van der Waals surface area contributed by atoms with Gasteiger partial charge in [-0.1, -0.05) is 12.7 Å². The Morgan fingerprint density at radius 1 is 1.56 bits per heavy atom. The van der Waals surface area contributed by atoms with Gasteiger partial charge in [-0.15, -0.1) is 0 Å². The summed E-state index contributed by atoms with van der Waals surface area (Å²) in [4.78, 5) is 24.2. The number of amides is 1. The van der Waals surface area contributed by atoms with Crippen LogP contribution < -0.4 is 0 Å². The summed E-state index contributed by atoms with van der Waals surface area (Å²) >= 11 is 0. The molecule has 1 atom stereocenters. The van der Waals surface area contributed by atoms with Crippen molar-refractivity contribution in [3.05, 3.63) is 12.7 Å². The summed E-state index contributed by atoms with van der Waals surface area (Å²) in [6.45, 7) is 5.53. The number of ether oxygens (including phenoxy) is 1. The van der Waals surface area contributed by atoms with Crippen molar-refractivity contribution < 1.29 is 19.4 Å². The van der Waals surface area contributed by atoms with Gasteiger partial charge in [0.05, 0.1) is 0 Å². The molecular formula is C11H17NO4. The van der Waals surface area contributed by atoms with Crippen LogP contribution in [0.4, 0.5) is 4.79 Å². The molecule has 1 saturated heterocycles. The zero-order valence-electron chi connectivity index (χ0n) is 9.44. The highest BCUT2D eigenvalue weighted by atomic mass is 16.6. The SMILES string of the molecule is C=CCOC(=O)N1CCCCC1(C)C(=O)O. The molecule has 16 heavy (non-hydrogen) atoms. The number of piperidine rings is 1. The van der Waals surface area contributed by atoms with Crippen LogP contribution >= 0.6 is 0 Å². The van der Waals surface area contributed by atoms with E-state index in [0.29, 0.717) is 13.0 Å². The second-order valence-electron chi connectivity index (χ2n) is 4.05. The summed E-state index contributed by atoms with van der Waals surface area (Å²) < 4.78 is 4.88. The number of carbonyl (C=O) groups excluding carboxylic acids is 1. The molecule has 0 aromatic heterocycles. The second kappa shape index (κ2) is 5.01. The molecule has 1 N–H and O–H groups in total. The molecule has 90 valence electrons. The minimum atomic E-state index is -1.14. The van der Waals surface area contributed by atoms with Crippen LogP contribution in [0.2, 0.25) is 0 Å². The average molecular weight is 227 g/mol. The van der Waals surface area contributed by atoms with Gasteiger partial charge in [0.1, 0.15) is 12.1 Å². The minimum Gasteiger partial charge on any atom is -0.480 e. The average Bonchev–Trinajstić information content (AvgIpc) is 2.26. The Morgan fingerprint density at radius 3 is 2.81 bits per heavy atom. The van der Waals surface area contributed by atoms with Gasteiger partial charge in [0, 0.05) is 6.54 Å². The molecule has 0 aromatic carbocycles. The summed E-state index contributed by atoms with van der Waals surface area (Å²) in [7, 11) is 0. The molecule has 1 rings (SSSR count). The molecule has 1 amide bonds. The number of carbonyl (C=O) groups is 2. The van der Waals surface area contributed by atoms with Crippen LogP contribution in [0, 0.1) is 0 Å². The van der Waals surface area contributed by atoms with Gasteiger partial charge in [0.15, 0.2) is 0 Å². The number of likely N-dealkylation sites (tertiary alicyclic amines) is 1. The van der Waals surface area contributed by atoms with Crippen molar-refractivity contribution in [2.24, 2.45) is 0 Å². The summed E-state index contributed by atoms with van der Waals surface area (Å²) in [5.41, 5.74) is -1.14. The third-order valence-electron chi connectivity index (χ3n) is 2.90. The van der Waals surface area contributed by atoms with Crippen molar-refractivity contribution in [2.75, 3.05) is 13.2 Å². The Hall–Kier alpha value is -1.52. The molecule has 1 unspecified atom stereocenters. The second-order valence-corrected chi connectivity index (χ2v) is 4.05. The molecule has 1 aliphatic rings. The topological polar surface area (TPSA) is 66.8 Å². The molecule has 5 heteroatoms. The first-order chi connectivity index (χ1) is 7.52. The lowest BCUT2D eigenvalue weighted by molar-refractivity contribution is -0.151. The minimum absolute atomic E-state index is 0.102. The fraction of sp³-hybridized carbons (Fsp3) is 0.636. The first-order valence-electron chi connectivity index (χ1n) is 5.31. The van der Waals surface area contributed by atoms with Crippen LogP contribution in [0.3, 0.4) is 0 Å². The summed E-state index contributed by atoms with van der Waals surface area (Å²) in [6.07, 6.45) is 2.97. The van der Waals surface area contributed by atoms with Gasteiger partial charge in [-0.05, 0) is 26.2 Å². The first kappa shape index (κ1) is 12.5. The van der Waals surface area contributed by atoms with Crippen LogP contribution in [0.25, 0.3) is 0 Å². The first-order valence-corrected chi connectivity index (χ1v) is 5.31. The lowest BCUT2D eigenvalue weighted by Crippen LogP contribution is -2.57. The van der Waals surface area contributed by atoms with Crippen molar-refractivity contribution in [2.45, 2.75) is 31.7 Å². The molecule has 0 saturated carbocycles. The molecular weight excluding hydrogens is 210 g/mol.